The van der Waals surface area contributed by atoms with E-state index in [4.69, 9.17) is 4.42 Å². The van der Waals surface area contributed by atoms with Crippen molar-refractivity contribution in [3.63, 3.8) is 0 Å². The molecule has 0 radical (unpaired) electrons. The Labute approximate surface area is 161 Å². The molecule has 1 aliphatic rings. The Morgan fingerprint density at radius 2 is 2.19 bits per heavy atom. The first-order chi connectivity index (χ1) is 13.0. The van der Waals surface area contributed by atoms with Crippen LogP contribution >= 0.6 is 11.8 Å². The van der Waals surface area contributed by atoms with E-state index in [1.165, 1.54) is 6.26 Å². The van der Waals surface area contributed by atoms with Gasteiger partial charge in [-0.05, 0) is 49.2 Å². The molecule has 1 atom stereocenters. The number of amides is 2. The van der Waals surface area contributed by atoms with Gasteiger partial charge in [-0.15, -0.1) is 0 Å². The lowest BCUT2D eigenvalue weighted by Gasteiger charge is -2.23. The van der Waals surface area contributed by atoms with Gasteiger partial charge in [0.15, 0.2) is 0 Å². The van der Waals surface area contributed by atoms with Gasteiger partial charge >= 0.3 is 0 Å². The smallest absolute Gasteiger partial charge is 0.234 e. The molecule has 7 heteroatoms. The van der Waals surface area contributed by atoms with E-state index in [-0.39, 0.29) is 24.0 Å². The molecule has 1 aromatic heterocycles. The minimum absolute atomic E-state index is 0.0819. The second-order valence-electron chi connectivity index (χ2n) is 6.31. The van der Waals surface area contributed by atoms with Crippen molar-refractivity contribution in [2.24, 2.45) is 0 Å². The van der Waals surface area contributed by atoms with Gasteiger partial charge in [0.1, 0.15) is 5.76 Å². The second kappa shape index (κ2) is 8.14. The van der Waals surface area contributed by atoms with E-state index in [1.54, 1.807) is 12.1 Å². The lowest BCUT2D eigenvalue weighted by atomic mass is 9.92. The van der Waals surface area contributed by atoms with Gasteiger partial charge < -0.3 is 15.1 Å². The number of carbonyl (C=O) groups excluding carboxylic acids is 2. The number of hydrogen-bond acceptors (Lipinski definition) is 5. The summed E-state index contributed by atoms with van der Waals surface area (Å²) in [5.41, 5.74) is 3.38. The Hall–Kier alpha value is -2.98. The molecule has 2 amide bonds. The maximum atomic E-state index is 12.3. The number of thioether (sulfide) groups is 1. The van der Waals surface area contributed by atoms with Crippen LogP contribution in [0.5, 0.6) is 0 Å². The summed E-state index contributed by atoms with van der Waals surface area (Å²) in [6.45, 7) is 3.99. The lowest BCUT2D eigenvalue weighted by molar-refractivity contribution is -0.121. The Bertz CT molecular complexity index is 942. The highest BCUT2D eigenvalue weighted by Gasteiger charge is 2.31. The summed E-state index contributed by atoms with van der Waals surface area (Å²) < 4.78 is 5.37. The van der Waals surface area contributed by atoms with Crippen LogP contribution in [0.1, 0.15) is 29.2 Å². The molecule has 1 aromatic carbocycles. The second-order valence-corrected chi connectivity index (χ2v) is 7.30. The highest BCUT2D eigenvalue weighted by atomic mass is 32.2. The van der Waals surface area contributed by atoms with Crippen LogP contribution in [0.25, 0.3) is 0 Å². The zero-order valence-electron chi connectivity index (χ0n) is 15.0. The van der Waals surface area contributed by atoms with Gasteiger partial charge in [0.25, 0.3) is 0 Å². The predicted molar refractivity (Wildman–Crippen MR) is 104 cm³/mol. The maximum absolute atomic E-state index is 12.3. The zero-order chi connectivity index (χ0) is 19.4. The Morgan fingerprint density at radius 1 is 1.37 bits per heavy atom. The monoisotopic (exact) mass is 381 g/mol. The predicted octanol–water partition coefficient (Wildman–Crippen LogP) is 3.61. The van der Waals surface area contributed by atoms with Crippen molar-refractivity contribution in [2.75, 3.05) is 11.1 Å². The van der Waals surface area contributed by atoms with Crippen LogP contribution in [0.2, 0.25) is 0 Å². The van der Waals surface area contributed by atoms with Gasteiger partial charge in [0.05, 0.1) is 34.6 Å². The molecule has 6 nitrogen and oxygen atoms in total. The summed E-state index contributed by atoms with van der Waals surface area (Å²) in [5, 5.41) is 15.5. The van der Waals surface area contributed by atoms with Gasteiger partial charge in [0.2, 0.25) is 11.8 Å². The molecular formula is C20H19N3O3S. The maximum Gasteiger partial charge on any atom is 0.234 e. The highest BCUT2D eigenvalue weighted by Crippen LogP contribution is 2.36. The molecule has 2 heterocycles. The van der Waals surface area contributed by atoms with Gasteiger partial charge in [-0.1, -0.05) is 17.8 Å². The summed E-state index contributed by atoms with van der Waals surface area (Å²) in [6, 6.07) is 11.3. The molecule has 0 saturated heterocycles. The molecule has 0 unspecified atom stereocenters. The van der Waals surface area contributed by atoms with Gasteiger partial charge in [-0.2, -0.15) is 5.26 Å². The number of aryl methyl sites for hydroxylation is 2. The van der Waals surface area contributed by atoms with Crippen LogP contribution in [-0.2, 0) is 9.59 Å². The molecule has 2 N–H and O–H groups in total. The van der Waals surface area contributed by atoms with Crippen molar-refractivity contribution in [1.29, 1.82) is 5.26 Å². The minimum Gasteiger partial charge on any atom is -0.469 e. The summed E-state index contributed by atoms with van der Waals surface area (Å²) in [6.07, 6.45) is 1.66. The van der Waals surface area contributed by atoms with Crippen molar-refractivity contribution in [3.8, 4) is 6.07 Å². The third kappa shape index (κ3) is 4.41. The number of hydrogen-bond donors (Lipinski definition) is 2. The van der Waals surface area contributed by atoms with Crippen molar-refractivity contribution < 1.29 is 14.0 Å². The van der Waals surface area contributed by atoms with Gasteiger partial charge in [0, 0.05) is 12.1 Å². The number of allylic oxidation sites excluding steroid dienone is 1. The fourth-order valence-electron chi connectivity index (χ4n) is 2.82. The number of nitrogens with zero attached hydrogens (tertiary/aromatic N) is 1. The number of rotatable bonds is 5. The lowest BCUT2D eigenvalue weighted by Crippen LogP contribution is -2.31. The van der Waals surface area contributed by atoms with E-state index in [2.05, 4.69) is 16.7 Å². The summed E-state index contributed by atoms with van der Waals surface area (Å²) >= 11 is 1.14. The first-order valence-corrected chi connectivity index (χ1v) is 9.44. The van der Waals surface area contributed by atoms with Crippen molar-refractivity contribution in [2.45, 2.75) is 26.2 Å². The molecule has 0 saturated carbocycles. The molecule has 0 aliphatic carbocycles. The third-order valence-electron chi connectivity index (χ3n) is 4.38. The molecule has 138 valence electrons. The molecule has 3 rings (SSSR count). The first-order valence-electron chi connectivity index (χ1n) is 8.45. The molecule has 2 aromatic rings. The average Bonchev–Trinajstić information content (AvgIpc) is 3.17. The fourth-order valence-corrected chi connectivity index (χ4v) is 3.70. The van der Waals surface area contributed by atoms with Crippen molar-refractivity contribution >= 4 is 29.3 Å². The Kier molecular flexibility index (Phi) is 5.67. The van der Waals surface area contributed by atoms with E-state index in [0.29, 0.717) is 16.4 Å². The quantitative estimate of drug-likeness (QED) is 0.825. The normalized spacial score (nSPS) is 16.6. The van der Waals surface area contributed by atoms with Crippen LogP contribution in [0, 0.1) is 25.2 Å². The first kappa shape index (κ1) is 18.8. The van der Waals surface area contributed by atoms with E-state index in [9.17, 15) is 14.9 Å². The Morgan fingerprint density at radius 3 is 2.85 bits per heavy atom. The van der Waals surface area contributed by atoms with Crippen LogP contribution in [0.4, 0.5) is 5.69 Å². The van der Waals surface area contributed by atoms with E-state index >= 15 is 0 Å². The highest BCUT2D eigenvalue weighted by molar-refractivity contribution is 8.03. The van der Waals surface area contributed by atoms with Crippen LogP contribution < -0.4 is 10.6 Å². The Balaban J connectivity index is 1.71. The number of benzene rings is 1. The average molecular weight is 381 g/mol. The third-order valence-corrected chi connectivity index (χ3v) is 5.40. The van der Waals surface area contributed by atoms with Crippen LogP contribution in [-0.4, -0.2) is 17.6 Å². The molecule has 0 fully saturated rings. The van der Waals surface area contributed by atoms with E-state index in [0.717, 1.165) is 28.6 Å². The van der Waals surface area contributed by atoms with Gasteiger partial charge in [-0.3, -0.25) is 9.59 Å². The SMILES string of the molecule is Cc1ccc(NC(=O)CSC2=C(C#N)[C@@H](c3ccco3)CC(=O)N2)cc1C. The van der Waals surface area contributed by atoms with Crippen molar-refractivity contribution in [3.05, 3.63) is 64.1 Å². The fraction of sp³-hybridized carbons (Fsp3) is 0.250. The molecule has 1 aliphatic heterocycles. The topological polar surface area (TPSA) is 95.1 Å². The van der Waals surface area contributed by atoms with E-state index < -0.39 is 5.92 Å². The van der Waals surface area contributed by atoms with Gasteiger partial charge in [-0.25, -0.2) is 0 Å². The zero-order valence-corrected chi connectivity index (χ0v) is 15.9. The molecule has 0 bridgehead atoms. The van der Waals surface area contributed by atoms with Crippen LogP contribution in [0.3, 0.4) is 0 Å². The van der Waals surface area contributed by atoms with Crippen LogP contribution in [0.15, 0.2) is 51.6 Å². The van der Waals surface area contributed by atoms with Crippen molar-refractivity contribution in [1.82, 2.24) is 5.32 Å². The number of nitrogens with one attached hydrogen (secondary N) is 2. The van der Waals surface area contributed by atoms with E-state index in [1.807, 2.05) is 32.0 Å². The molecular weight excluding hydrogens is 362 g/mol. The summed E-state index contributed by atoms with van der Waals surface area (Å²) in [7, 11) is 0. The number of furan rings is 1. The largest absolute Gasteiger partial charge is 0.469 e. The summed E-state index contributed by atoms with van der Waals surface area (Å²) in [5.74, 6) is -0.184. The summed E-state index contributed by atoms with van der Waals surface area (Å²) in [4.78, 5) is 24.3. The molecule has 0 spiro atoms. The molecule has 27 heavy (non-hydrogen) atoms. The minimum atomic E-state index is -0.427. The number of nitriles is 1. The standard InChI is InChI=1S/C20H19N3O3S/c1-12-5-6-14(8-13(12)2)22-19(25)11-27-20-16(10-21)15(9-18(24)23-20)17-4-3-7-26-17/h3-8,15H,9,11H2,1-2H3,(H,22,25)(H,23,24)/t15-/m0/s1. The number of carbonyl (C=O) groups is 2. The number of anilines is 1.